The van der Waals surface area contributed by atoms with Gasteiger partial charge in [0, 0.05) is 12.8 Å². The second-order valence-corrected chi connectivity index (χ2v) is 15.5. The quantitative estimate of drug-likeness (QED) is 0.0240. The van der Waals surface area contributed by atoms with Crippen LogP contribution < -0.4 is 0 Å². The van der Waals surface area contributed by atoms with E-state index in [0.717, 1.165) is 57.8 Å². The summed E-state index contributed by atoms with van der Waals surface area (Å²) in [6.45, 7) is 2.37. The first-order valence-corrected chi connectivity index (χ1v) is 22.1. The number of aliphatic hydroxyl groups excluding tert-OH is 2. The predicted molar refractivity (Wildman–Crippen MR) is 205 cm³/mol. The molecule has 0 aliphatic heterocycles. The molecule has 0 saturated carbocycles. The minimum atomic E-state index is -4.61. The number of hydrogen-bond acceptors (Lipinski definition) is 9. The molecule has 0 rings (SSSR count). The number of ether oxygens (including phenoxy) is 2. The normalized spacial score (nSPS) is 14.1. The molecule has 1 unspecified atom stereocenters. The lowest BCUT2D eigenvalue weighted by atomic mass is 10.0. The number of allylic oxidation sites excluding steroid dienone is 2. The van der Waals surface area contributed by atoms with Crippen molar-refractivity contribution in [3.05, 3.63) is 12.2 Å². The third-order valence-corrected chi connectivity index (χ3v) is 9.87. The van der Waals surface area contributed by atoms with E-state index < -0.39 is 51.8 Å². The van der Waals surface area contributed by atoms with Crippen LogP contribution in [-0.2, 0) is 32.7 Å². The summed E-state index contributed by atoms with van der Waals surface area (Å²) >= 11 is 0. The number of carbonyl (C=O) groups excluding carboxylic acids is 2. The number of rotatable bonds is 39. The van der Waals surface area contributed by atoms with Gasteiger partial charge in [-0.3, -0.25) is 18.6 Å². The van der Waals surface area contributed by atoms with E-state index in [4.69, 9.17) is 19.1 Å². The lowest BCUT2D eigenvalue weighted by Gasteiger charge is -2.20. The molecule has 0 amide bonds. The Labute approximate surface area is 311 Å². The number of phosphoric acid groups is 1. The number of esters is 2. The van der Waals surface area contributed by atoms with E-state index in [2.05, 4.69) is 30.5 Å². The summed E-state index contributed by atoms with van der Waals surface area (Å²) < 4.78 is 32.6. The van der Waals surface area contributed by atoms with Gasteiger partial charge in [-0.2, -0.15) is 0 Å². The highest BCUT2D eigenvalue weighted by Gasteiger charge is 2.27. The lowest BCUT2D eigenvalue weighted by Crippen LogP contribution is -2.29. The SMILES string of the molecule is CCCCCCCC/C=C\CCCCCCCC(=O)O[C@H](COC(=O)CCCCCCCCCCCCCCC)COP(=O)(O)OC[C@H](O)CO. The monoisotopic (exact) mass is 749 g/mol. The Hall–Kier alpha value is -1.29. The van der Waals surface area contributed by atoms with Crippen molar-refractivity contribution in [2.75, 3.05) is 26.4 Å². The Bertz CT molecular complexity index is 868. The Morgan fingerprint density at radius 1 is 0.569 bits per heavy atom. The van der Waals surface area contributed by atoms with Gasteiger partial charge >= 0.3 is 19.8 Å². The Morgan fingerprint density at radius 3 is 1.41 bits per heavy atom. The van der Waals surface area contributed by atoms with Crippen molar-refractivity contribution in [2.24, 2.45) is 0 Å². The highest BCUT2D eigenvalue weighted by molar-refractivity contribution is 7.47. The lowest BCUT2D eigenvalue weighted by molar-refractivity contribution is -0.161. The van der Waals surface area contributed by atoms with Gasteiger partial charge in [0.15, 0.2) is 6.10 Å². The van der Waals surface area contributed by atoms with Crippen LogP contribution in [0, 0.1) is 0 Å². The first kappa shape index (κ1) is 49.7. The summed E-state index contributed by atoms with van der Waals surface area (Å²) in [5.74, 6) is -0.927. The van der Waals surface area contributed by atoms with Gasteiger partial charge in [-0.1, -0.05) is 154 Å². The molecular formula is C40H77O10P. The molecule has 3 N–H and O–H groups in total. The van der Waals surface area contributed by atoms with Crippen molar-refractivity contribution in [2.45, 2.75) is 206 Å². The zero-order valence-corrected chi connectivity index (χ0v) is 33.5. The van der Waals surface area contributed by atoms with Gasteiger partial charge in [-0.05, 0) is 38.5 Å². The maximum absolute atomic E-state index is 12.6. The molecule has 302 valence electrons. The van der Waals surface area contributed by atoms with Crippen LogP contribution in [0.5, 0.6) is 0 Å². The van der Waals surface area contributed by atoms with Crippen molar-refractivity contribution in [1.29, 1.82) is 0 Å². The van der Waals surface area contributed by atoms with Crippen LogP contribution >= 0.6 is 7.82 Å². The van der Waals surface area contributed by atoms with Crippen LogP contribution in [0.1, 0.15) is 194 Å². The maximum atomic E-state index is 12.6. The summed E-state index contributed by atoms with van der Waals surface area (Å²) in [6.07, 6.45) is 33.2. The standard InChI is InChI=1S/C40H77O10P/c1-3-5-7-9-11-13-15-17-18-20-22-24-26-28-30-32-40(44)50-38(36-49-51(45,46)48-34-37(42)33-41)35-47-39(43)31-29-27-25-23-21-19-16-14-12-10-8-6-4-2/h17-18,37-38,41-42H,3-16,19-36H2,1-2H3,(H,45,46)/b18-17-/t37-,38-/m1/s1. The van der Waals surface area contributed by atoms with Gasteiger partial charge in [-0.25, -0.2) is 4.57 Å². The predicted octanol–water partition coefficient (Wildman–Crippen LogP) is 10.4. The third kappa shape index (κ3) is 36.8. The van der Waals surface area contributed by atoms with E-state index in [1.54, 1.807) is 0 Å². The van der Waals surface area contributed by atoms with E-state index in [-0.39, 0.29) is 19.4 Å². The molecular weight excluding hydrogens is 671 g/mol. The molecule has 0 saturated heterocycles. The van der Waals surface area contributed by atoms with E-state index in [1.165, 1.54) is 96.3 Å². The molecule has 0 aromatic rings. The summed E-state index contributed by atoms with van der Waals surface area (Å²) in [5, 5.41) is 18.3. The molecule has 0 fully saturated rings. The maximum Gasteiger partial charge on any atom is 0.472 e. The first-order chi connectivity index (χ1) is 24.7. The fourth-order valence-corrected chi connectivity index (χ4v) is 6.48. The Kier molecular flexibility index (Phi) is 36.1. The Morgan fingerprint density at radius 2 is 0.961 bits per heavy atom. The molecule has 0 bridgehead atoms. The van der Waals surface area contributed by atoms with Crippen molar-refractivity contribution < 1.29 is 47.8 Å². The Balaban J connectivity index is 4.32. The second kappa shape index (κ2) is 37.0. The van der Waals surface area contributed by atoms with Crippen molar-refractivity contribution in [3.8, 4) is 0 Å². The molecule has 0 aliphatic rings. The molecule has 0 spiro atoms. The van der Waals surface area contributed by atoms with Crippen LogP contribution in [-0.4, -0.2) is 65.7 Å². The summed E-state index contributed by atoms with van der Waals surface area (Å²) in [6, 6.07) is 0. The number of aliphatic hydroxyl groups is 2. The fraction of sp³-hybridized carbons (Fsp3) is 0.900. The van der Waals surface area contributed by atoms with E-state index in [1.807, 2.05) is 0 Å². The summed E-state index contributed by atoms with van der Waals surface area (Å²) in [5.41, 5.74) is 0. The number of phosphoric ester groups is 1. The van der Waals surface area contributed by atoms with Crippen LogP contribution in [0.15, 0.2) is 12.2 Å². The number of carbonyl (C=O) groups is 2. The molecule has 10 nitrogen and oxygen atoms in total. The van der Waals surface area contributed by atoms with E-state index in [9.17, 15) is 24.2 Å². The van der Waals surface area contributed by atoms with Gasteiger partial charge in [0.25, 0.3) is 0 Å². The van der Waals surface area contributed by atoms with E-state index in [0.29, 0.717) is 12.8 Å². The zero-order valence-electron chi connectivity index (χ0n) is 32.6. The van der Waals surface area contributed by atoms with Crippen LogP contribution in [0.4, 0.5) is 0 Å². The van der Waals surface area contributed by atoms with Crippen LogP contribution in [0.25, 0.3) is 0 Å². The van der Waals surface area contributed by atoms with Gasteiger partial charge < -0.3 is 24.6 Å². The largest absolute Gasteiger partial charge is 0.472 e. The summed E-state index contributed by atoms with van der Waals surface area (Å²) in [4.78, 5) is 34.9. The molecule has 0 radical (unpaired) electrons. The van der Waals surface area contributed by atoms with Crippen molar-refractivity contribution in [3.63, 3.8) is 0 Å². The van der Waals surface area contributed by atoms with Crippen molar-refractivity contribution >= 4 is 19.8 Å². The highest BCUT2D eigenvalue weighted by Crippen LogP contribution is 2.43. The molecule has 51 heavy (non-hydrogen) atoms. The van der Waals surface area contributed by atoms with Crippen LogP contribution in [0.3, 0.4) is 0 Å². The molecule has 0 aromatic carbocycles. The highest BCUT2D eigenvalue weighted by atomic mass is 31.2. The van der Waals surface area contributed by atoms with Crippen LogP contribution in [0.2, 0.25) is 0 Å². The molecule has 0 aliphatic carbocycles. The minimum Gasteiger partial charge on any atom is -0.462 e. The van der Waals surface area contributed by atoms with Crippen molar-refractivity contribution in [1.82, 2.24) is 0 Å². The first-order valence-electron chi connectivity index (χ1n) is 20.6. The van der Waals surface area contributed by atoms with Gasteiger partial charge in [0.05, 0.1) is 19.8 Å². The third-order valence-electron chi connectivity index (χ3n) is 8.92. The fourth-order valence-electron chi connectivity index (χ4n) is 5.69. The van der Waals surface area contributed by atoms with E-state index >= 15 is 0 Å². The van der Waals surface area contributed by atoms with Gasteiger partial charge in [0.1, 0.15) is 12.7 Å². The number of unbranched alkanes of at least 4 members (excludes halogenated alkanes) is 23. The average Bonchev–Trinajstić information content (AvgIpc) is 3.12. The topological polar surface area (TPSA) is 149 Å². The molecule has 0 heterocycles. The molecule has 11 heteroatoms. The zero-order chi connectivity index (χ0) is 37.7. The smallest absolute Gasteiger partial charge is 0.462 e. The minimum absolute atomic E-state index is 0.178. The molecule has 3 atom stereocenters. The number of hydrogen-bond donors (Lipinski definition) is 3. The van der Waals surface area contributed by atoms with Gasteiger partial charge in [0.2, 0.25) is 0 Å². The molecule has 0 aromatic heterocycles. The summed E-state index contributed by atoms with van der Waals surface area (Å²) in [7, 11) is -4.61. The second-order valence-electron chi connectivity index (χ2n) is 14.0. The van der Waals surface area contributed by atoms with Gasteiger partial charge in [-0.15, -0.1) is 0 Å². The average molecular weight is 749 g/mol.